The van der Waals surface area contributed by atoms with Gasteiger partial charge in [0, 0.05) is 12.1 Å². The molecule has 2 rings (SSSR count). The van der Waals surface area contributed by atoms with Crippen LogP contribution in [-0.4, -0.2) is 22.1 Å². The average molecular weight is 276 g/mol. The highest BCUT2D eigenvalue weighted by Crippen LogP contribution is 2.31. The maximum absolute atomic E-state index is 10.5. The molecule has 7 nitrogen and oxygen atoms in total. The topological polar surface area (TPSA) is 94.7 Å². The molecular formula is C13H12N2O5. The van der Waals surface area contributed by atoms with Crippen LogP contribution in [0.1, 0.15) is 5.56 Å². The predicted octanol–water partition coefficient (Wildman–Crippen LogP) is 2.28. The van der Waals surface area contributed by atoms with E-state index in [2.05, 4.69) is 4.98 Å². The zero-order valence-corrected chi connectivity index (χ0v) is 10.6. The van der Waals surface area contributed by atoms with Gasteiger partial charge in [0.25, 0.3) is 5.69 Å². The van der Waals surface area contributed by atoms with Gasteiger partial charge in [0.05, 0.1) is 18.6 Å². The first-order valence-corrected chi connectivity index (χ1v) is 5.70. The summed E-state index contributed by atoms with van der Waals surface area (Å²) in [5.74, 6) is 1.06. The number of aromatic nitrogens is 1. The Morgan fingerprint density at radius 1 is 1.30 bits per heavy atom. The van der Waals surface area contributed by atoms with Crippen LogP contribution in [0.4, 0.5) is 5.69 Å². The lowest BCUT2D eigenvalue weighted by Crippen LogP contribution is -1.95. The lowest BCUT2D eigenvalue weighted by atomic mass is 10.2. The summed E-state index contributed by atoms with van der Waals surface area (Å²) in [5.41, 5.74) is 0.575. The largest absolute Gasteiger partial charge is 0.493 e. The van der Waals surface area contributed by atoms with Crippen molar-refractivity contribution in [2.75, 3.05) is 7.11 Å². The normalized spacial score (nSPS) is 10.1. The molecule has 0 bridgehead atoms. The summed E-state index contributed by atoms with van der Waals surface area (Å²) < 4.78 is 10.6. The summed E-state index contributed by atoms with van der Waals surface area (Å²) >= 11 is 0. The molecule has 1 aromatic heterocycles. The number of aliphatic hydroxyl groups excluding tert-OH is 1. The maximum Gasteiger partial charge on any atom is 0.287 e. The molecule has 104 valence electrons. The fourth-order valence-corrected chi connectivity index (χ4v) is 1.55. The number of hydrogen-bond donors (Lipinski definition) is 1. The summed E-state index contributed by atoms with van der Waals surface area (Å²) in [6, 6.07) is 7.66. The van der Waals surface area contributed by atoms with Gasteiger partial charge in [-0.05, 0) is 17.7 Å². The summed E-state index contributed by atoms with van der Waals surface area (Å²) in [6.45, 7) is -0.105. The fraction of sp³-hybridized carbons (Fsp3) is 0.154. The minimum atomic E-state index is -0.534. The molecule has 7 heteroatoms. The van der Waals surface area contributed by atoms with Crippen LogP contribution in [0.15, 0.2) is 36.5 Å². The minimum absolute atomic E-state index is 0.105. The smallest absolute Gasteiger partial charge is 0.287 e. The van der Waals surface area contributed by atoms with Crippen LogP contribution in [-0.2, 0) is 6.61 Å². The highest BCUT2D eigenvalue weighted by Gasteiger charge is 2.10. The predicted molar refractivity (Wildman–Crippen MR) is 69.9 cm³/mol. The fourth-order valence-electron chi connectivity index (χ4n) is 1.55. The van der Waals surface area contributed by atoms with Gasteiger partial charge >= 0.3 is 0 Å². The first-order valence-electron chi connectivity index (χ1n) is 5.70. The Morgan fingerprint density at radius 2 is 2.10 bits per heavy atom. The summed E-state index contributed by atoms with van der Waals surface area (Å²) in [6.07, 6.45) is 1.11. The molecule has 0 amide bonds. The van der Waals surface area contributed by atoms with Crippen LogP contribution in [0.2, 0.25) is 0 Å². The van der Waals surface area contributed by atoms with E-state index < -0.39 is 4.92 Å². The van der Waals surface area contributed by atoms with Crippen LogP contribution < -0.4 is 9.47 Å². The molecule has 2 aromatic rings. The van der Waals surface area contributed by atoms with Crippen LogP contribution in [0.25, 0.3) is 0 Å². The van der Waals surface area contributed by atoms with E-state index in [-0.39, 0.29) is 18.2 Å². The zero-order valence-electron chi connectivity index (χ0n) is 10.6. The van der Waals surface area contributed by atoms with Crippen molar-refractivity contribution in [1.82, 2.24) is 4.98 Å². The Balaban J connectivity index is 2.23. The van der Waals surface area contributed by atoms with Gasteiger partial charge in [0.1, 0.15) is 6.20 Å². The average Bonchev–Trinajstić information content (AvgIpc) is 2.48. The number of aliphatic hydroxyl groups is 1. The van der Waals surface area contributed by atoms with Gasteiger partial charge in [-0.2, -0.15) is 0 Å². The van der Waals surface area contributed by atoms with Crippen molar-refractivity contribution in [3.63, 3.8) is 0 Å². The monoisotopic (exact) mass is 276 g/mol. The summed E-state index contributed by atoms with van der Waals surface area (Å²) in [4.78, 5) is 13.8. The summed E-state index contributed by atoms with van der Waals surface area (Å²) in [5, 5.41) is 19.6. The Morgan fingerprint density at radius 3 is 2.65 bits per heavy atom. The molecule has 0 radical (unpaired) electrons. The van der Waals surface area contributed by atoms with Crippen LogP contribution in [0.5, 0.6) is 17.4 Å². The van der Waals surface area contributed by atoms with Crippen molar-refractivity contribution < 1.29 is 19.5 Å². The quantitative estimate of drug-likeness (QED) is 0.665. The number of ether oxygens (including phenoxy) is 2. The second kappa shape index (κ2) is 5.98. The number of rotatable bonds is 5. The Hall–Kier alpha value is -2.67. The molecule has 20 heavy (non-hydrogen) atoms. The highest BCUT2D eigenvalue weighted by molar-refractivity contribution is 5.44. The van der Waals surface area contributed by atoms with E-state index in [9.17, 15) is 10.1 Å². The van der Waals surface area contributed by atoms with Crippen LogP contribution >= 0.6 is 0 Å². The van der Waals surface area contributed by atoms with Crippen LogP contribution in [0.3, 0.4) is 0 Å². The lowest BCUT2D eigenvalue weighted by Gasteiger charge is -2.10. The molecule has 1 N–H and O–H groups in total. The van der Waals surface area contributed by atoms with Crippen molar-refractivity contribution in [2.45, 2.75) is 6.61 Å². The first kappa shape index (κ1) is 13.8. The van der Waals surface area contributed by atoms with E-state index in [4.69, 9.17) is 14.6 Å². The van der Waals surface area contributed by atoms with Gasteiger partial charge in [-0.1, -0.05) is 6.07 Å². The number of pyridine rings is 1. The third-order valence-corrected chi connectivity index (χ3v) is 2.56. The van der Waals surface area contributed by atoms with Crippen molar-refractivity contribution >= 4 is 5.69 Å². The van der Waals surface area contributed by atoms with E-state index in [1.165, 1.54) is 19.2 Å². The molecule has 0 unspecified atom stereocenters. The van der Waals surface area contributed by atoms with Gasteiger partial charge in [-0.15, -0.1) is 0 Å². The molecule has 0 atom stereocenters. The molecule has 0 fully saturated rings. The molecule has 0 saturated heterocycles. The highest BCUT2D eigenvalue weighted by atomic mass is 16.6. The molecule has 0 aliphatic carbocycles. The second-order valence-corrected chi connectivity index (χ2v) is 3.86. The Kier molecular flexibility index (Phi) is 4.11. The van der Waals surface area contributed by atoms with Crippen molar-refractivity contribution in [2.24, 2.45) is 0 Å². The molecule has 0 aliphatic heterocycles. The van der Waals surface area contributed by atoms with Gasteiger partial charge in [0.15, 0.2) is 11.5 Å². The zero-order chi connectivity index (χ0) is 14.5. The van der Waals surface area contributed by atoms with Crippen molar-refractivity contribution in [3.8, 4) is 17.4 Å². The third kappa shape index (κ3) is 3.01. The summed E-state index contributed by atoms with van der Waals surface area (Å²) in [7, 11) is 1.48. The van der Waals surface area contributed by atoms with Crippen molar-refractivity contribution in [1.29, 1.82) is 0 Å². The van der Waals surface area contributed by atoms with Gasteiger partial charge in [0.2, 0.25) is 5.88 Å². The van der Waals surface area contributed by atoms with Gasteiger partial charge in [-0.25, -0.2) is 4.98 Å². The molecule has 1 heterocycles. The molecule has 0 spiro atoms. The van der Waals surface area contributed by atoms with Crippen molar-refractivity contribution in [3.05, 3.63) is 52.2 Å². The molecular weight excluding hydrogens is 264 g/mol. The second-order valence-electron chi connectivity index (χ2n) is 3.86. The van der Waals surface area contributed by atoms with Gasteiger partial charge in [-0.3, -0.25) is 10.1 Å². The number of methoxy groups -OCH3 is 1. The Bertz CT molecular complexity index is 613. The van der Waals surface area contributed by atoms with E-state index in [0.29, 0.717) is 17.1 Å². The number of benzene rings is 1. The lowest BCUT2D eigenvalue weighted by molar-refractivity contribution is -0.385. The van der Waals surface area contributed by atoms with E-state index in [0.717, 1.165) is 6.20 Å². The van der Waals surface area contributed by atoms with E-state index in [1.54, 1.807) is 18.2 Å². The Labute approximate surface area is 114 Å². The van der Waals surface area contributed by atoms with Gasteiger partial charge < -0.3 is 14.6 Å². The first-order chi connectivity index (χ1) is 9.63. The molecule has 0 saturated carbocycles. The molecule has 1 aromatic carbocycles. The molecule has 0 aliphatic rings. The number of hydrogen-bond acceptors (Lipinski definition) is 6. The SMILES string of the molecule is COc1cc(CO)ccc1Oc1ccc([N+](=O)[O-])cn1. The number of nitrogens with zero attached hydrogens (tertiary/aromatic N) is 2. The van der Waals surface area contributed by atoms with Crippen LogP contribution in [0, 0.1) is 10.1 Å². The minimum Gasteiger partial charge on any atom is -0.493 e. The van der Waals surface area contributed by atoms with E-state index in [1.807, 2.05) is 0 Å². The maximum atomic E-state index is 10.5. The third-order valence-electron chi connectivity index (χ3n) is 2.56. The number of nitro groups is 1. The standard InChI is InChI=1S/C13H12N2O5/c1-19-12-6-9(8-16)2-4-11(12)20-13-5-3-10(7-14-13)15(17)18/h2-7,16H,8H2,1H3. The van der Waals surface area contributed by atoms with E-state index >= 15 is 0 Å².